The van der Waals surface area contributed by atoms with Crippen molar-refractivity contribution < 1.29 is 35.1 Å². The maximum absolute atomic E-state index is 14.1. The normalized spacial score (nSPS) is 41.0. The summed E-state index contributed by atoms with van der Waals surface area (Å²) in [6.45, 7) is 10.4. The zero-order valence-electron chi connectivity index (χ0n) is 32.1. The Morgan fingerprint density at radius 2 is 1.75 bits per heavy atom. The second kappa shape index (κ2) is 14.2. The van der Waals surface area contributed by atoms with E-state index in [4.69, 9.17) is 10.5 Å². The lowest BCUT2D eigenvalue weighted by Crippen LogP contribution is -2.62. The van der Waals surface area contributed by atoms with Crippen molar-refractivity contribution in [3.63, 3.8) is 0 Å². The van der Waals surface area contributed by atoms with E-state index >= 15 is 0 Å². The van der Waals surface area contributed by atoms with E-state index in [1.807, 2.05) is 19.9 Å². The number of rotatable bonds is 15. The van der Waals surface area contributed by atoms with Gasteiger partial charge in [-0.1, -0.05) is 65.9 Å². The number of unbranched alkanes of at least 4 members (excludes halogenated alkanes) is 3. The molecule has 0 aromatic heterocycles. The highest BCUT2D eigenvalue weighted by atomic mass is 16.6. The summed E-state index contributed by atoms with van der Waals surface area (Å²) >= 11 is 0. The van der Waals surface area contributed by atoms with E-state index in [1.165, 1.54) is 6.42 Å². The molecule has 51 heavy (non-hydrogen) atoms. The Labute approximate surface area is 306 Å². The maximum Gasteiger partial charge on any atom is 0.159 e. The van der Waals surface area contributed by atoms with Crippen LogP contribution in [0.2, 0.25) is 0 Å². The van der Waals surface area contributed by atoms with Crippen LogP contribution in [0.15, 0.2) is 35.2 Å². The van der Waals surface area contributed by atoms with Gasteiger partial charge in [-0.05, 0) is 118 Å². The van der Waals surface area contributed by atoms with E-state index in [0.717, 1.165) is 56.1 Å². The van der Waals surface area contributed by atoms with Crippen LogP contribution in [-0.2, 0) is 9.53 Å². The number of hydrogen-bond donors (Lipinski definition) is 7. The molecule has 4 aliphatic carbocycles. The number of allylic oxidation sites excluding steroid dienone is 3. The number of epoxide rings is 1. The fourth-order valence-corrected chi connectivity index (χ4v) is 12.1. The summed E-state index contributed by atoms with van der Waals surface area (Å²) in [5.41, 5.74) is 2.09. The minimum Gasteiger partial charge on any atom is -0.396 e. The Balaban J connectivity index is 1.27. The van der Waals surface area contributed by atoms with Crippen LogP contribution in [0.5, 0.6) is 0 Å². The fourth-order valence-electron chi connectivity index (χ4n) is 12.1. The number of nitrogens with two attached hydrogens (primary N) is 1. The quantitative estimate of drug-likeness (QED) is 0.0877. The molecular weight excluding hydrogens is 644 g/mol. The molecule has 4 fully saturated rings. The Morgan fingerprint density at radius 3 is 2.43 bits per heavy atom. The molecule has 0 spiro atoms. The van der Waals surface area contributed by atoms with Gasteiger partial charge in [-0.25, -0.2) is 0 Å². The molecule has 6 aliphatic rings. The lowest BCUT2D eigenvalue weighted by atomic mass is 9.44. The highest BCUT2D eigenvalue weighted by Crippen LogP contribution is 2.70. The fraction of sp³-hybridized carbons (Fsp3) is 0.833. The van der Waals surface area contributed by atoms with Crippen LogP contribution in [0, 0.1) is 34.0 Å². The highest BCUT2D eigenvalue weighted by molar-refractivity contribution is 5.95. The molecule has 0 radical (unpaired) electrons. The number of ether oxygens (including phenoxy) is 1. The summed E-state index contributed by atoms with van der Waals surface area (Å²) in [6.07, 6.45) is 16.3. The number of ketones is 1. The minimum absolute atomic E-state index is 0.0591. The van der Waals surface area contributed by atoms with Crippen molar-refractivity contribution in [2.45, 2.75) is 172 Å². The summed E-state index contributed by atoms with van der Waals surface area (Å²) in [5, 5.41) is 62.7. The summed E-state index contributed by atoms with van der Waals surface area (Å²) < 4.78 is 6.37. The number of dihydropyridines is 1. The van der Waals surface area contributed by atoms with Crippen molar-refractivity contribution in [3.05, 3.63) is 35.2 Å². The van der Waals surface area contributed by atoms with Crippen LogP contribution in [0.1, 0.15) is 137 Å². The Kier molecular flexibility index (Phi) is 10.8. The van der Waals surface area contributed by atoms with Crippen LogP contribution in [0.3, 0.4) is 0 Å². The van der Waals surface area contributed by atoms with Crippen LogP contribution >= 0.6 is 0 Å². The van der Waals surface area contributed by atoms with Gasteiger partial charge in [0.1, 0.15) is 12.2 Å². The smallest absolute Gasteiger partial charge is 0.159 e. The van der Waals surface area contributed by atoms with Crippen molar-refractivity contribution in [3.8, 4) is 0 Å². The average Bonchev–Trinajstić information content (AvgIpc) is 3.86. The Bertz CT molecular complexity index is 1410. The molecule has 0 amide bonds. The van der Waals surface area contributed by atoms with E-state index in [2.05, 4.69) is 25.2 Å². The van der Waals surface area contributed by atoms with Gasteiger partial charge in [0.15, 0.2) is 5.78 Å². The molecule has 12 atom stereocenters. The first-order valence-corrected chi connectivity index (χ1v) is 20.3. The van der Waals surface area contributed by atoms with Crippen LogP contribution in [0.4, 0.5) is 0 Å². The molecule has 0 aromatic rings. The predicted molar refractivity (Wildman–Crippen MR) is 198 cm³/mol. The van der Waals surface area contributed by atoms with Crippen molar-refractivity contribution in [2.75, 3.05) is 13.2 Å². The summed E-state index contributed by atoms with van der Waals surface area (Å²) in [5.74, 6) is 0.233. The van der Waals surface area contributed by atoms with Crippen LogP contribution in [-0.4, -0.2) is 79.6 Å². The second-order valence-corrected chi connectivity index (χ2v) is 18.3. The number of fused-ring (bicyclic) bond motifs is 5. The van der Waals surface area contributed by atoms with Gasteiger partial charge in [-0.3, -0.25) is 4.79 Å². The summed E-state index contributed by atoms with van der Waals surface area (Å²) in [4.78, 5) is 14.1. The first-order valence-electron chi connectivity index (χ1n) is 20.3. The van der Waals surface area contributed by atoms with Gasteiger partial charge in [0.2, 0.25) is 0 Å². The largest absolute Gasteiger partial charge is 0.396 e. The van der Waals surface area contributed by atoms with Crippen LogP contribution in [0.25, 0.3) is 0 Å². The molecule has 3 saturated carbocycles. The molecule has 1 saturated heterocycles. The van der Waals surface area contributed by atoms with Gasteiger partial charge in [0.05, 0.1) is 35.3 Å². The monoisotopic (exact) mass is 713 g/mol. The van der Waals surface area contributed by atoms with Crippen molar-refractivity contribution in [1.29, 1.82) is 0 Å². The zero-order valence-corrected chi connectivity index (χ0v) is 32.1. The molecular formula is C42H68N2O7. The van der Waals surface area contributed by atoms with Gasteiger partial charge in [0, 0.05) is 23.3 Å². The number of nitrogens with one attached hydrogen (secondary N) is 1. The third kappa shape index (κ3) is 6.27. The van der Waals surface area contributed by atoms with Crippen molar-refractivity contribution in [2.24, 2.45) is 39.7 Å². The van der Waals surface area contributed by atoms with Crippen molar-refractivity contribution in [1.82, 2.24) is 5.32 Å². The molecule has 9 nitrogen and oxygen atoms in total. The molecule has 288 valence electrons. The first kappa shape index (κ1) is 39.0. The zero-order chi connectivity index (χ0) is 37.0. The standard InChI is InChI=1S/C42H68N2O7/c1-6-8-9-10-17-40-20-12-28(46)24-31(40)32(47)25-30-29(40)13-19-38(4)33(14-21-42(30,38)50)41(49,16-7-2)36-35(51-36)39(5,48)37(3,26-45)18-11-27-15-22-44-34(43)23-27/h15,23,25,28-29,31,33,35-36,44-46,48-50H,6-14,16-22,24,26,43H2,1-5H3/t28-,29-,31-,33-,35-,36-,37-,38+,39-,40+,41+,42+/m0/s1. The first-order chi connectivity index (χ1) is 24.1. The number of carbonyl (C=O) groups excluding carboxylic acids is 1. The van der Waals surface area contributed by atoms with E-state index < -0.39 is 45.9 Å². The third-order valence-electron chi connectivity index (χ3n) is 15.6. The Hall–Kier alpha value is -1.75. The predicted octanol–water partition coefficient (Wildman–Crippen LogP) is 5.33. The molecule has 0 aromatic carbocycles. The second-order valence-electron chi connectivity index (χ2n) is 18.3. The lowest BCUT2D eigenvalue weighted by molar-refractivity contribution is -0.160. The highest BCUT2D eigenvalue weighted by Gasteiger charge is 2.74. The molecule has 2 heterocycles. The van der Waals surface area contributed by atoms with E-state index in [-0.39, 0.29) is 35.6 Å². The van der Waals surface area contributed by atoms with Gasteiger partial charge in [0.25, 0.3) is 0 Å². The van der Waals surface area contributed by atoms with E-state index in [0.29, 0.717) is 63.7 Å². The maximum atomic E-state index is 14.1. The Morgan fingerprint density at radius 1 is 0.980 bits per heavy atom. The summed E-state index contributed by atoms with van der Waals surface area (Å²) in [6, 6.07) is 0. The molecule has 8 N–H and O–H groups in total. The van der Waals surface area contributed by atoms with E-state index in [9.17, 15) is 30.3 Å². The number of carbonyl (C=O) groups is 1. The molecule has 2 aliphatic heterocycles. The molecule has 0 unspecified atom stereocenters. The molecule has 6 rings (SSSR count). The van der Waals surface area contributed by atoms with Gasteiger partial charge in [-0.15, -0.1) is 0 Å². The lowest BCUT2D eigenvalue weighted by Gasteiger charge is -2.61. The topological polar surface area (TPSA) is 169 Å². The van der Waals surface area contributed by atoms with E-state index in [1.54, 1.807) is 13.0 Å². The number of aliphatic hydroxyl groups excluding tert-OH is 2. The molecule has 0 bridgehead atoms. The average molecular weight is 713 g/mol. The van der Waals surface area contributed by atoms with Crippen molar-refractivity contribution >= 4 is 5.78 Å². The van der Waals surface area contributed by atoms with Gasteiger partial charge < -0.3 is 41.3 Å². The third-order valence-corrected chi connectivity index (χ3v) is 15.6. The minimum atomic E-state index is -1.44. The number of hydrogen-bond acceptors (Lipinski definition) is 9. The molecule has 9 heteroatoms. The van der Waals surface area contributed by atoms with Gasteiger partial charge >= 0.3 is 0 Å². The summed E-state index contributed by atoms with van der Waals surface area (Å²) in [7, 11) is 0. The number of aliphatic hydroxyl groups is 5. The van der Waals surface area contributed by atoms with Crippen LogP contribution < -0.4 is 11.1 Å². The SMILES string of the molecule is CCCCCC[C@]12CC[C@H](O)C[C@H]1C(=O)C=C1[C@@H]2CC[C@]2(C)[C@@H]([C@](O)(CCC)[C@H]3O[C@@H]3[C@](C)(O)[C@](C)(CO)CCC3=CCNC(N)=C3)CC[C@@]12O. The van der Waals surface area contributed by atoms with Gasteiger partial charge in [-0.2, -0.15) is 0 Å².